The van der Waals surface area contributed by atoms with E-state index in [9.17, 15) is 9.59 Å². The molecule has 2 heterocycles. The van der Waals surface area contributed by atoms with Crippen LogP contribution in [0.4, 0.5) is 0 Å². The second kappa shape index (κ2) is 9.67. The van der Waals surface area contributed by atoms with Crippen LogP contribution in [0.15, 0.2) is 54.6 Å². The topological polar surface area (TPSA) is 40.6 Å². The molecule has 0 aliphatic carbocycles. The fourth-order valence-electron chi connectivity index (χ4n) is 5.02. The van der Waals surface area contributed by atoms with Crippen molar-refractivity contribution in [2.75, 3.05) is 13.1 Å². The maximum Gasteiger partial charge on any atom is 0.245 e. The Kier molecular flexibility index (Phi) is 6.74. The maximum atomic E-state index is 13.7. The van der Waals surface area contributed by atoms with E-state index in [1.54, 1.807) is 0 Å². The summed E-state index contributed by atoms with van der Waals surface area (Å²) in [7, 11) is 0. The van der Waals surface area contributed by atoms with Gasteiger partial charge in [-0.05, 0) is 48.3 Å². The summed E-state index contributed by atoms with van der Waals surface area (Å²) in [4.78, 5) is 30.8. The zero-order valence-electron chi connectivity index (χ0n) is 18.8. The number of carbonyl (C=O) groups excluding carboxylic acids is 2. The van der Waals surface area contributed by atoms with Gasteiger partial charge in [0.2, 0.25) is 11.8 Å². The van der Waals surface area contributed by atoms with Gasteiger partial charge in [-0.3, -0.25) is 9.59 Å². The highest BCUT2D eigenvalue weighted by molar-refractivity contribution is 5.89. The van der Waals surface area contributed by atoms with Gasteiger partial charge in [-0.1, -0.05) is 68.4 Å². The van der Waals surface area contributed by atoms with Crippen molar-refractivity contribution >= 4 is 11.8 Å². The number of hydrogen-bond acceptors (Lipinski definition) is 2. The minimum Gasteiger partial charge on any atom is -0.341 e. The number of fused-ring (bicyclic) bond motifs is 1. The lowest BCUT2D eigenvalue weighted by Crippen LogP contribution is -2.54. The summed E-state index contributed by atoms with van der Waals surface area (Å²) >= 11 is 0. The molecule has 4 heteroatoms. The Morgan fingerprint density at radius 2 is 1.68 bits per heavy atom. The van der Waals surface area contributed by atoms with E-state index in [0.717, 1.165) is 38.8 Å². The molecule has 0 aromatic heterocycles. The van der Waals surface area contributed by atoms with E-state index in [2.05, 4.69) is 42.5 Å². The minimum absolute atomic E-state index is 0.0628. The van der Waals surface area contributed by atoms with Crippen molar-refractivity contribution in [3.05, 3.63) is 71.3 Å². The van der Waals surface area contributed by atoms with Crippen molar-refractivity contribution in [3.8, 4) is 0 Å². The minimum atomic E-state index is -0.385. The zero-order chi connectivity index (χ0) is 21.8. The average Bonchev–Trinajstić information content (AvgIpc) is 3.08. The zero-order valence-corrected chi connectivity index (χ0v) is 18.8. The first-order valence-electron chi connectivity index (χ1n) is 11.8. The van der Waals surface area contributed by atoms with Gasteiger partial charge in [0.25, 0.3) is 0 Å². The molecule has 2 aromatic carbocycles. The number of hydrogen-bond donors (Lipinski definition) is 0. The quantitative estimate of drug-likeness (QED) is 0.717. The SMILES string of the molecule is CCC(C)C(=O)N1Cc2ccccc2CC1C(=O)N1CCCC(c2ccccc2)CC1. The van der Waals surface area contributed by atoms with Crippen LogP contribution < -0.4 is 0 Å². The Labute approximate surface area is 186 Å². The summed E-state index contributed by atoms with van der Waals surface area (Å²) < 4.78 is 0. The molecule has 4 rings (SSSR count). The molecule has 0 N–H and O–H groups in total. The molecule has 0 radical (unpaired) electrons. The van der Waals surface area contributed by atoms with Crippen molar-refractivity contribution in [1.82, 2.24) is 9.80 Å². The second-order valence-electron chi connectivity index (χ2n) is 9.13. The molecule has 2 aliphatic heterocycles. The first kappa shape index (κ1) is 21.6. The molecule has 3 atom stereocenters. The van der Waals surface area contributed by atoms with Crippen molar-refractivity contribution < 1.29 is 9.59 Å². The lowest BCUT2D eigenvalue weighted by Gasteiger charge is -2.39. The predicted octanol–water partition coefficient (Wildman–Crippen LogP) is 4.78. The van der Waals surface area contributed by atoms with Crippen molar-refractivity contribution in [1.29, 1.82) is 0 Å². The summed E-state index contributed by atoms with van der Waals surface area (Å²) in [5.74, 6) is 0.670. The lowest BCUT2D eigenvalue weighted by molar-refractivity contribution is -0.149. The second-order valence-corrected chi connectivity index (χ2v) is 9.13. The molecule has 0 saturated carbocycles. The highest BCUT2D eigenvalue weighted by atomic mass is 16.2. The molecule has 2 amide bonds. The first-order valence-corrected chi connectivity index (χ1v) is 11.8. The van der Waals surface area contributed by atoms with Gasteiger partial charge in [-0.25, -0.2) is 0 Å². The number of rotatable bonds is 4. The van der Waals surface area contributed by atoms with Crippen LogP contribution in [0, 0.1) is 5.92 Å². The standard InChI is InChI=1S/C27H34N2O2/c1-3-20(2)26(30)29-19-24-13-8-7-12-23(24)18-25(29)27(31)28-16-9-14-22(15-17-28)21-10-5-4-6-11-21/h4-8,10-13,20,22,25H,3,9,14-19H2,1-2H3. The average molecular weight is 419 g/mol. The van der Waals surface area contributed by atoms with Gasteiger partial charge in [0.15, 0.2) is 0 Å². The smallest absolute Gasteiger partial charge is 0.245 e. The molecule has 0 bridgehead atoms. The van der Waals surface area contributed by atoms with E-state index in [0.29, 0.717) is 18.9 Å². The van der Waals surface area contributed by atoms with Gasteiger partial charge < -0.3 is 9.80 Å². The van der Waals surface area contributed by atoms with Crippen LogP contribution in [0.1, 0.15) is 62.1 Å². The van der Waals surface area contributed by atoms with Crippen LogP contribution in [0.2, 0.25) is 0 Å². The molecule has 31 heavy (non-hydrogen) atoms. The third-order valence-corrected chi connectivity index (χ3v) is 7.16. The van der Waals surface area contributed by atoms with Gasteiger partial charge in [-0.2, -0.15) is 0 Å². The van der Waals surface area contributed by atoms with E-state index in [1.165, 1.54) is 16.7 Å². The van der Waals surface area contributed by atoms with Crippen LogP contribution >= 0.6 is 0 Å². The maximum absolute atomic E-state index is 13.7. The molecule has 3 unspecified atom stereocenters. The number of amides is 2. The van der Waals surface area contributed by atoms with Crippen LogP contribution in [-0.2, 0) is 22.6 Å². The number of carbonyl (C=O) groups is 2. The van der Waals surface area contributed by atoms with Crippen molar-refractivity contribution in [2.24, 2.45) is 5.92 Å². The van der Waals surface area contributed by atoms with Gasteiger partial charge in [0.1, 0.15) is 6.04 Å². The monoisotopic (exact) mass is 418 g/mol. The Bertz CT molecular complexity index is 910. The molecule has 1 fully saturated rings. The normalized spacial score (nSPS) is 22.4. The fraction of sp³-hybridized carbons (Fsp3) is 0.481. The van der Waals surface area contributed by atoms with Crippen LogP contribution in [0.25, 0.3) is 0 Å². The summed E-state index contributed by atoms with van der Waals surface area (Å²) in [6, 6.07) is 18.5. The van der Waals surface area contributed by atoms with Gasteiger partial charge in [0.05, 0.1) is 0 Å². The van der Waals surface area contributed by atoms with Crippen LogP contribution in [0.3, 0.4) is 0 Å². The third kappa shape index (κ3) is 4.68. The summed E-state index contributed by atoms with van der Waals surface area (Å²) in [5, 5.41) is 0. The van der Waals surface area contributed by atoms with Gasteiger partial charge >= 0.3 is 0 Å². The molecule has 0 spiro atoms. The van der Waals surface area contributed by atoms with Crippen LogP contribution in [0.5, 0.6) is 0 Å². The van der Waals surface area contributed by atoms with Gasteiger partial charge in [-0.15, -0.1) is 0 Å². The van der Waals surface area contributed by atoms with E-state index >= 15 is 0 Å². The number of benzene rings is 2. The summed E-state index contributed by atoms with van der Waals surface area (Å²) in [5.41, 5.74) is 3.74. The number of likely N-dealkylation sites (tertiary alicyclic amines) is 1. The lowest BCUT2D eigenvalue weighted by atomic mass is 9.91. The fourth-order valence-corrected chi connectivity index (χ4v) is 5.02. The highest BCUT2D eigenvalue weighted by Gasteiger charge is 2.38. The summed E-state index contributed by atoms with van der Waals surface area (Å²) in [6.45, 7) is 6.10. The Hall–Kier alpha value is -2.62. The Balaban J connectivity index is 1.53. The molecule has 2 aliphatic rings. The molecular weight excluding hydrogens is 384 g/mol. The molecule has 2 aromatic rings. The van der Waals surface area contributed by atoms with E-state index < -0.39 is 0 Å². The Morgan fingerprint density at radius 1 is 0.968 bits per heavy atom. The Morgan fingerprint density at radius 3 is 2.42 bits per heavy atom. The first-order chi connectivity index (χ1) is 15.1. The van der Waals surface area contributed by atoms with E-state index in [1.807, 2.05) is 35.8 Å². The van der Waals surface area contributed by atoms with E-state index in [4.69, 9.17) is 0 Å². The third-order valence-electron chi connectivity index (χ3n) is 7.16. The highest BCUT2D eigenvalue weighted by Crippen LogP contribution is 2.30. The molecule has 1 saturated heterocycles. The van der Waals surface area contributed by atoms with E-state index in [-0.39, 0.29) is 23.8 Å². The van der Waals surface area contributed by atoms with Gasteiger partial charge in [0, 0.05) is 32.0 Å². The largest absolute Gasteiger partial charge is 0.341 e. The number of nitrogens with zero attached hydrogens (tertiary/aromatic N) is 2. The summed E-state index contributed by atoms with van der Waals surface area (Å²) in [6.07, 6.45) is 4.51. The molecule has 164 valence electrons. The predicted molar refractivity (Wildman–Crippen MR) is 124 cm³/mol. The van der Waals surface area contributed by atoms with Crippen molar-refractivity contribution in [3.63, 3.8) is 0 Å². The van der Waals surface area contributed by atoms with Crippen molar-refractivity contribution in [2.45, 2.75) is 64.5 Å². The molecule has 4 nitrogen and oxygen atoms in total. The van der Waals surface area contributed by atoms with Crippen LogP contribution in [-0.4, -0.2) is 40.7 Å². The molecular formula is C27H34N2O2.